The van der Waals surface area contributed by atoms with E-state index in [1.807, 2.05) is 0 Å². The summed E-state index contributed by atoms with van der Waals surface area (Å²) in [5.74, 6) is 0.706. The van der Waals surface area contributed by atoms with E-state index in [1.165, 1.54) is 5.56 Å². The van der Waals surface area contributed by atoms with E-state index in [1.54, 1.807) is 0 Å². The van der Waals surface area contributed by atoms with Crippen LogP contribution in [0.1, 0.15) is 56.8 Å². The van der Waals surface area contributed by atoms with Crippen LogP contribution in [0.2, 0.25) is 0 Å². The Morgan fingerprint density at radius 2 is 0.879 bits per heavy atom. The highest BCUT2D eigenvalue weighted by Gasteiger charge is 2.43. The number of rotatable bonds is 13. The Kier molecular flexibility index (Phi) is 10.5. The van der Waals surface area contributed by atoms with Crippen LogP contribution in [0.15, 0.2) is 218 Å². The zero-order valence-corrected chi connectivity index (χ0v) is 33.5. The van der Waals surface area contributed by atoms with Crippen molar-refractivity contribution in [3.05, 3.63) is 263 Å². The number of nitrogens with one attached hydrogen (secondary N) is 1. The fourth-order valence-electron chi connectivity index (χ4n) is 8.66. The Morgan fingerprint density at radius 1 is 0.500 bits per heavy atom. The summed E-state index contributed by atoms with van der Waals surface area (Å²) in [6.45, 7) is 0. The number of aromatic nitrogens is 4. The SMILES string of the molecule is BrCCC(c1ccccc1)c1cc(NC(c2ccccc2)(c2ccccc2)c2ccccc2)nc2c1nnn2C(c1ccccc1)(c1ccccc1)c1ccccc1. The maximum Gasteiger partial charge on any atom is 0.182 e. The molecule has 6 heteroatoms. The molecule has 9 rings (SSSR count). The van der Waals surface area contributed by atoms with Gasteiger partial charge < -0.3 is 5.32 Å². The minimum Gasteiger partial charge on any atom is -0.353 e. The summed E-state index contributed by atoms with van der Waals surface area (Å²) >= 11 is 3.82. The van der Waals surface area contributed by atoms with Gasteiger partial charge in [-0.1, -0.05) is 233 Å². The van der Waals surface area contributed by atoms with Crippen LogP contribution >= 0.6 is 15.9 Å². The van der Waals surface area contributed by atoms with Crippen LogP contribution in [0, 0.1) is 0 Å². The van der Waals surface area contributed by atoms with Crippen molar-refractivity contribution < 1.29 is 0 Å². The number of alkyl halides is 1. The Labute approximate surface area is 348 Å². The van der Waals surface area contributed by atoms with Gasteiger partial charge in [0.15, 0.2) is 5.65 Å². The van der Waals surface area contributed by atoms with Gasteiger partial charge >= 0.3 is 0 Å². The van der Waals surface area contributed by atoms with Crippen LogP contribution in [0.4, 0.5) is 5.82 Å². The van der Waals surface area contributed by atoms with Crippen molar-refractivity contribution in [2.75, 3.05) is 10.6 Å². The number of fused-ring (bicyclic) bond motifs is 1. The van der Waals surface area contributed by atoms with Crippen molar-refractivity contribution in [1.29, 1.82) is 0 Å². The third-order valence-electron chi connectivity index (χ3n) is 11.2. The Morgan fingerprint density at radius 3 is 1.28 bits per heavy atom. The molecule has 0 aliphatic heterocycles. The lowest BCUT2D eigenvalue weighted by Gasteiger charge is -2.38. The van der Waals surface area contributed by atoms with Crippen molar-refractivity contribution in [3.63, 3.8) is 0 Å². The predicted octanol–water partition coefficient (Wildman–Crippen LogP) is 12.0. The molecule has 0 aliphatic rings. The average Bonchev–Trinajstić information content (AvgIpc) is 3.74. The highest BCUT2D eigenvalue weighted by molar-refractivity contribution is 9.09. The molecule has 0 saturated heterocycles. The summed E-state index contributed by atoms with van der Waals surface area (Å²) < 4.78 is 2.06. The molecule has 5 nitrogen and oxygen atoms in total. The molecule has 9 aromatic rings. The molecule has 282 valence electrons. The van der Waals surface area contributed by atoms with E-state index in [2.05, 4.69) is 244 Å². The number of anilines is 1. The highest BCUT2D eigenvalue weighted by atomic mass is 79.9. The molecule has 2 aromatic heterocycles. The number of nitrogens with zero attached hydrogens (tertiary/aromatic N) is 4. The minimum absolute atomic E-state index is 0.00377. The van der Waals surface area contributed by atoms with Crippen LogP contribution < -0.4 is 5.32 Å². The monoisotopic (exact) mass is 815 g/mol. The van der Waals surface area contributed by atoms with Crippen LogP contribution in [0.5, 0.6) is 0 Å². The maximum absolute atomic E-state index is 5.65. The number of benzene rings is 7. The molecule has 0 spiro atoms. The lowest BCUT2D eigenvalue weighted by molar-refractivity contribution is 0.457. The first-order valence-corrected chi connectivity index (χ1v) is 20.8. The standard InChI is InChI=1S/C52H42BrN5/c53-37-36-46(39-22-8-1-9-23-39)47-38-48(55-51(40-24-10-2-11-25-40,41-26-12-3-13-27-41)42-28-14-4-15-29-42)54-50-49(47)56-57-58(50)52(43-30-16-5-17-31-43,44-32-18-6-19-33-44)45-34-20-7-21-35-45/h1-35,38,46H,36-37H2,(H,54,55). The zero-order valence-electron chi connectivity index (χ0n) is 31.9. The van der Waals surface area contributed by atoms with Gasteiger partial charge in [-0.15, -0.1) is 5.10 Å². The molecule has 0 saturated carbocycles. The molecule has 0 fully saturated rings. The molecule has 0 aliphatic carbocycles. The fourth-order valence-corrected chi connectivity index (χ4v) is 9.11. The zero-order chi connectivity index (χ0) is 39.2. The third kappa shape index (κ3) is 6.59. The lowest BCUT2D eigenvalue weighted by Crippen LogP contribution is -2.39. The molecule has 2 heterocycles. The van der Waals surface area contributed by atoms with Crippen molar-refractivity contribution in [3.8, 4) is 0 Å². The Bertz CT molecular complexity index is 2500. The van der Waals surface area contributed by atoms with E-state index in [9.17, 15) is 0 Å². The van der Waals surface area contributed by atoms with Crippen LogP contribution in [0.3, 0.4) is 0 Å². The van der Waals surface area contributed by atoms with Crippen molar-refractivity contribution in [1.82, 2.24) is 20.0 Å². The van der Waals surface area contributed by atoms with Gasteiger partial charge in [-0.3, -0.25) is 0 Å². The first kappa shape index (κ1) is 37.0. The molecule has 58 heavy (non-hydrogen) atoms. The second-order valence-electron chi connectivity index (χ2n) is 14.5. The number of halogens is 1. The van der Waals surface area contributed by atoms with Gasteiger partial charge in [-0.05, 0) is 57.0 Å². The summed E-state index contributed by atoms with van der Waals surface area (Å²) in [5, 5.41) is 15.2. The second kappa shape index (κ2) is 16.5. The van der Waals surface area contributed by atoms with E-state index < -0.39 is 11.1 Å². The summed E-state index contributed by atoms with van der Waals surface area (Å²) in [6.07, 6.45) is 0.845. The summed E-state index contributed by atoms with van der Waals surface area (Å²) in [6, 6.07) is 76.7. The Hall–Kier alpha value is -6.63. The summed E-state index contributed by atoms with van der Waals surface area (Å²) in [5.41, 5.74) is 8.38. The minimum atomic E-state index is -0.922. The molecule has 0 bridgehead atoms. The van der Waals surface area contributed by atoms with Crippen molar-refractivity contribution >= 4 is 32.9 Å². The molecular formula is C52H42BrN5. The maximum atomic E-state index is 5.65. The lowest BCUT2D eigenvalue weighted by atomic mass is 9.76. The molecule has 1 N–H and O–H groups in total. The molecule has 0 amide bonds. The number of hydrogen-bond donors (Lipinski definition) is 1. The highest BCUT2D eigenvalue weighted by Crippen LogP contribution is 2.45. The predicted molar refractivity (Wildman–Crippen MR) is 239 cm³/mol. The van der Waals surface area contributed by atoms with Crippen molar-refractivity contribution in [2.24, 2.45) is 0 Å². The van der Waals surface area contributed by atoms with Gasteiger partial charge in [0.2, 0.25) is 0 Å². The van der Waals surface area contributed by atoms with E-state index in [-0.39, 0.29) is 5.92 Å². The van der Waals surface area contributed by atoms with Gasteiger partial charge in [0.25, 0.3) is 0 Å². The molecule has 1 unspecified atom stereocenters. The topological polar surface area (TPSA) is 55.6 Å². The number of pyridine rings is 1. The van der Waals surface area contributed by atoms with Gasteiger partial charge in [0.1, 0.15) is 22.4 Å². The van der Waals surface area contributed by atoms with Crippen LogP contribution in [-0.4, -0.2) is 25.3 Å². The smallest absolute Gasteiger partial charge is 0.182 e. The first-order chi connectivity index (χ1) is 28.7. The second-order valence-corrected chi connectivity index (χ2v) is 15.3. The normalized spacial score (nSPS) is 12.3. The van der Waals surface area contributed by atoms with Gasteiger partial charge in [-0.25, -0.2) is 9.67 Å². The molecule has 7 aromatic carbocycles. The summed E-state index contributed by atoms with van der Waals surface area (Å²) in [7, 11) is 0. The fraction of sp³-hybridized carbons (Fsp3) is 0.0962. The quantitative estimate of drug-likeness (QED) is 0.0930. The summed E-state index contributed by atoms with van der Waals surface area (Å²) in [4.78, 5) is 5.65. The average molecular weight is 817 g/mol. The van der Waals surface area contributed by atoms with Crippen LogP contribution in [-0.2, 0) is 11.1 Å². The number of hydrogen-bond acceptors (Lipinski definition) is 4. The first-order valence-electron chi connectivity index (χ1n) is 19.7. The van der Waals surface area contributed by atoms with E-state index >= 15 is 0 Å². The van der Waals surface area contributed by atoms with E-state index in [4.69, 9.17) is 15.3 Å². The van der Waals surface area contributed by atoms with Gasteiger partial charge in [-0.2, -0.15) is 0 Å². The van der Waals surface area contributed by atoms with Gasteiger partial charge in [0.05, 0.1) is 0 Å². The molecule has 1 atom stereocenters. The molecule has 0 radical (unpaired) electrons. The van der Waals surface area contributed by atoms with Crippen molar-refractivity contribution in [2.45, 2.75) is 23.4 Å². The van der Waals surface area contributed by atoms with E-state index in [0.29, 0.717) is 11.5 Å². The van der Waals surface area contributed by atoms with Crippen LogP contribution in [0.25, 0.3) is 11.2 Å². The molecular weight excluding hydrogens is 775 g/mol. The third-order valence-corrected chi connectivity index (χ3v) is 11.7. The van der Waals surface area contributed by atoms with E-state index in [0.717, 1.165) is 56.2 Å². The largest absolute Gasteiger partial charge is 0.353 e. The van der Waals surface area contributed by atoms with Gasteiger partial charge in [0, 0.05) is 11.2 Å². The Balaban J connectivity index is 1.40.